The molecule has 0 aliphatic rings. The average Bonchev–Trinajstić information content (AvgIpc) is 2.77. The summed E-state index contributed by atoms with van der Waals surface area (Å²) in [5, 5.41) is 4.68. The number of carbonyl (C=O) groups is 2. The summed E-state index contributed by atoms with van der Waals surface area (Å²) in [6, 6.07) is 17.3. The molecule has 3 rings (SSSR count). The zero-order valence-electron chi connectivity index (χ0n) is 17.1. The Balaban J connectivity index is 1.59. The van der Waals surface area contributed by atoms with Crippen LogP contribution in [0, 0.1) is 5.82 Å². The molecule has 0 radical (unpaired) electrons. The van der Waals surface area contributed by atoms with Crippen LogP contribution in [0.15, 0.2) is 60.7 Å². The van der Waals surface area contributed by atoms with E-state index in [1.807, 2.05) is 36.4 Å². The number of carbonyl (C=O) groups excluding carboxylic acids is 2. The molecule has 0 saturated carbocycles. The lowest BCUT2D eigenvalue weighted by Crippen LogP contribution is -2.36. The highest BCUT2D eigenvalue weighted by Gasteiger charge is 2.23. The average molecular weight is 409 g/mol. The van der Waals surface area contributed by atoms with Crippen LogP contribution in [0.3, 0.4) is 0 Å². The summed E-state index contributed by atoms with van der Waals surface area (Å²) in [5.41, 5.74) is 1.56. The molecule has 0 aliphatic carbocycles. The molecule has 0 bridgehead atoms. The van der Waals surface area contributed by atoms with Crippen LogP contribution in [0.2, 0.25) is 0 Å². The molecule has 2 atom stereocenters. The molecular weight excluding hydrogens is 385 g/mol. The summed E-state index contributed by atoms with van der Waals surface area (Å²) in [6.07, 6.45) is -0.940. The van der Waals surface area contributed by atoms with Gasteiger partial charge in [-0.05, 0) is 60.0 Å². The lowest BCUT2D eigenvalue weighted by atomic mass is 9.98. The Labute approximate surface area is 174 Å². The van der Waals surface area contributed by atoms with E-state index in [-0.39, 0.29) is 12.4 Å². The Morgan fingerprint density at radius 2 is 1.63 bits per heavy atom. The highest BCUT2D eigenvalue weighted by atomic mass is 19.1. The number of ether oxygens (including phenoxy) is 2. The molecule has 30 heavy (non-hydrogen) atoms. The quantitative estimate of drug-likeness (QED) is 0.590. The van der Waals surface area contributed by atoms with Crippen molar-refractivity contribution in [3.63, 3.8) is 0 Å². The number of rotatable bonds is 7. The highest BCUT2D eigenvalue weighted by Crippen LogP contribution is 2.26. The van der Waals surface area contributed by atoms with Crippen molar-refractivity contribution in [1.82, 2.24) is 5.32 Å². The molecule has 1 amide bonds. The third kappa shape index (κ3) is 5.14. The number of esters is 1. The SMILES string of the molecule is COc1ccc2cc([C@H](C)C(=O)O[C@@H](C)C(=O)NCc3ccc(F)cc3)ccc2c1. The van der Waals surface area contributed by atoms with E-state index in [2.05, 4.69) is 5.32 Å². The maximum absolute atomic E-state index is 12.9. The predicted octanol–water partition coefficient (Wildman–Crippen LogP) is 4.34. The first-order valence-electron chi connectivity index (χ1n) is 9.67. The van der Waals surface area contributed by atoms with Crippen molar-refractivity contribution in [3.8, 4) is 5.75 Å². The minimum atomic E-state index is -0.940. The summed E-state index contributed by atoms with van der Waals surface area (Å²) in [7, 11) is 1.62. The topological polar surface area (TPSA) is 64.6 Å². The van der Waals surface area contributed by atoms with Crippen LogP contribution < -0.4 is 10.1 Å². The van der Waals surface area contributed by atoms with Gasteiger partial charge in [0.15, 0.2) is 6.10 Å². The van der Waals surface area contributed by atoms with Crippen molar-refractivity contribution in [2.24, 2.45) is 0 Å². The second kappa shape index (κ2) is 9.39. The molecule has 3 aromatic rings. The maximum atomic E-state index is 12.9. The molecule has 0 spiro atoms. The van der Waals surface area contributed by atoms with Crippen molar-refractivity contribution < 1.29 is 23.5 Å². The van der Waals surface area contributed by atoms with Gasteiger partial charge < -0.3 is 14.8 Å². The normalized spacial score (nSPS) is 12.8. The summed E-state index contributed by atoms with van der Waals surface area (Å²) in [4.78, 5) is 24.8. The Kier molecular flexibility index (Phi) is 6.67. The van der Waals surface area contributed by atoms with Gasteiger partial charge in [-0.1, -0.05) is 36.4 Å². The largest absolute Gasteiger partial charge is 0.497 e. The fourth-order valence-electron chi connectivity index (χ4n) is 3.04. The van der Waals surface area contributed by atoms with E-state index in [0.717, 1.165) is 27.6 Å². The van der Waals surface area contributed by atoms with Crippen molar-refractivity contribution in [2.75, 3.05) is 7.11 Å². The van der Waals surface area contributed by atoms with Crippen molar-refractivity contribution in [3.05, 3.63) is 77.6 Å². The fourth-order valence-corrected chi connectivity index (χ4v) is 3.04. The standard InChI is InChI=1S/C24H24FNO4/c1-15(18-6-7-20-13-22(29-3)11-8-19(20)12-18)24(28)30-16(2)23(27)26-14-17-4-9-21(25)10-5-17/h4-13,15-16H,14H2,1-3H3,(H,26,27)/t15-,16-/m0/s1. The Hall–Kier alpha value is -3.41. The minimum absolute atomic E-state index is 0.227. The molecule has 3 aromatic carbocycles. The zero-order chi connectivity index (χ0) is 21.7. The van der Waals surface area contributed by atoms with Gasteiger partial charge >= 0.3 is 5.97 Å². The molecule has 156 valence electrons. The van der Waals surface area contributed by atoms with Crippen LogP contribution >= 0.6 is 0 Å². The van der Waals surface area contributed by atoms with E-state index >= 15 is 0 Å². The first kappa shape index (κ1) is 21.3. The van der Waals surface area contributed by atoms with Crippen LogP contribution in [0.4, 0.5) is 4.39 Å². The number of methoxy groups -OCH3 is 1. The smallest absolute Gasteiger partial charge is 0.313 e. The summed E-state index contributed by atoms with van der Waals surface area (Å²) in [5.74, 6) is -0.987. The summed E-state index contributed by atoms with van der Waals surface area (Å²) >= 11 is 0. The van der Waals surface area contributed by atoms with E-state index in [1.54, 1.807) is 26.2 Å². The first-order chi connectivity index (χ1) is 14.4. The summed E-state index contributed by atoms with van der Waals surface area (Å²) in [6.45, 7) is 3.50. The van der Waals surface area contributed by atoms with Gasteiger partial charge in [-0.15, -0.1) is 0 Å². The van der Waals surface area contributed by atoms with Crippen molar-refractivity contribution >= 4 is 22.6 Å². The van der Waals surface area contributed by atoms with Crippen molar-refractivity contribution in [1.29, 1.82) is 0 Å². The van der Waals surface area contributed by atoms with E-state index in [1.165, 1.54) is 19.1 Å². The van der Waals surface area contributed by atoms with E-state index in [0.29, 0.717) is 0 Å². The Morgan fingerprint density at radius 3 is 2.33 bits per heavy atom. The molecule has 1 N–H and O–H groups in total. The Bertz CT molecular complexity index is 1050. The van der Waals surface area contributed by atoms with Crippen LogP contribution in [0.5, 0.6) is 5.75 Å². The van der Waals surface area contributed by atoms with Crippen molar-refractivity contribution in [2.45, 2.75) is 32.4 Å². The van der Waals surface area contributed by atoms with Gasteiger partial charge in [0.1, 0.15) is 11.6 Å². The van der Waals surface area contributed by atoms with Crippen LogP contribution in [-0.4, -0.2) is 25.1 Å². The monoisotopic (exact) mass is 409 g/mol. The van der Waals surface area contributed by atoms with Crippen LogP contribution in [0.25, 0.3) is 10.8 Å². The molecule has 0 fully saturated rings. The first-order valence-corrected chi connectivity index (χ1v) is 9.67. The van der Waals surface area contributed by atoms with Gasteiger partial charge in [0.2, 0.25) is 0 Å². The minimum Gasteiger partial charge on any atom is -0.497 e. The maximum Gasteiger partial charge on any atom is 0.313 e. The predicted molar refractivity (Wildman–Crippen MR) is 113 cm³/mol. The molecule has 0 saturated heterocycles. The fraction of sp³-hybridized carbons (Fsp3) is 0.250. The molecular formula is C24H24FNO4. The third-order valence-corrected chi connectivity index (χ3v) is 4.97. The van der Waals surface area contributed by atoms with Gasteiger partial charge in [-0.3, -0.25) is 9.59 Å². The number of amides is 1. The van der Waals surface area contributed by atoms with Crippen LogP contribution in [0.1, 0.15) is 30.9 Å². The second-order valence-electron chi connectivity index (χ2n) is 7.12. The molecule has 0 aliphatic heterocycles. The highest BCUT2D eigenvalue weighted by molar-refractivity contribution is 5.88. The van der Waals surface area contributed by atoms with Gasteiger partial charge in [0.25, 0.3) is 5.91 Å². The van der Waals surface area contributed by atoms with E-state index in [9.17, 15) is 14.0 Å². The van der Waals surface area contributed by atoms with E-state index < -0.39 is 23.9 Å². The lowest BCUT2D eigenvalue weighted by molar-refractivity contribution is -0.156. The number of hydrogen-bond acceptors (Lipinski definition) is 4. The number of hydrogen-bond donors (Lipinski definition) is 1. The van der Waals surface area contributed by atoms with Gasteiger partial charge in [0.05, 0.1) is 13.0 Å². The molecule has 5 nitrogen and oxygen atoms in total. The molecule has 0 heterocycles. The number of benzene rings is 3. The van der Waals surface area contributed by atoms with Gasteiger partial charge in [-0.25, -0.2) is 4.39 Å². The molecule has 0 unspecified atom stereocenters. The number of halogens is 1. The number of nitrogens with one attached hydrogen (secondary N) is 1. The van der Waals surface area contributed by atoms with Gasteiger partial charge in [0, 0.05) is 6.54 Å². The van der Waals surface area contributed by atoms with Crippen LogP contribution in [-0.2, 0) is 20.9 Å². The lowest BCUT2D eigenvalue weighted by Gasteiger charge is -2.17. The summed E-state index contributed by atoms with van der Waals surface area (Å²) < 4.78 is 23.5. The van der Waals surface area contributed by atoms with E-state index in [4.69, 9.17) is 9.47 Å². The second-order valence-corrected chi connectivity index (χ2v) is 7.12. The van der Waals surface area contributed by atoms with Gasteiger partial charge in [-0.2, -0.15) is 0 Å². The number of fused-ring (bicyclic) bond motifs is 1. The molecule has 6 heteroatoms. The zero-order valence-corrected chi connectivity index (χ0v) is 17.1. The molecule has 0 aromatic heterocycles. The third-order valence-electron chi connectivity index (χ3n) is 4.97. The Morgan fingerprint density at radius 1 is 0.967 bits per heavy atom.